The highest BCUT2D eigenvalue weighted by Gasteiger charge is 2.66. The zero-order valence-corrected chi connectivity index (χ0v) is 16.0. The fourth-order valence-corrected chi connectivity index (χ4v) is 4.21. The van der Waals surface area contributed by atoms with Gasteiger partial charge in [-0.15, -0.1) is 0 Å². The van der Waals surface area contributed by atoms with Crippen LogP contribution in [0, 0.1) is 11.3 Å². The lowest BCUT2D eigenvalue weighted by Crippen LogP contribution is -2.80. The zero-order valence-electron chi connectivity index (χ0n) is 15.0. The monoisotopic (exact) mass is 313 g/mol. The molecule has 0 unspecified atom stereocenters. The molecule has 1 N–H and O–H groups in total. The van der Waals surface area contributed by atoms with Gasteiger partial charge in [-0.05, 0) is 38.9 Å². The molecule has 4 nitrogen and oxygen atoms in total. The standard InChI is InChI=1S/C16H31NO3Si/c1-11(10-18)16(7)15(6,13(19)17-16)12(2)20-21(8,9)14(3,4)5/h10-12H,1-9H3,(H,17,19)/t11-,12+,15-,16+/m0/s1. The molecule has 122 valence electrons. The summed E-state index contributed by atoms with van der Waals surface area (Å²) < 4.78 is 6.43. The van der Waals surface area contributed by atoms with Gasteiger partial charge in [-0.2, -0.15) is 0 Å². The van der Waals surface area contributed by atoms with Gasteiger partial charge >= 0.3 is 0 Å². The van der Waals surface area contributed by atoms with Crippen molar-refractivity contribution >= 4 is 20.5 Å². The fourth-order valence-electron chi connectivity index (χ4n) is 2.74. The summed E-state index contributed by atoms with van der Waals surface area (Å²) in [6.45, 7) is 18.6. The maximum atomic E-state index is 12.3. The van der Waals surface area contributed by atoms with E-state index in [1.54, 1.807) is 0 Å². The maximum Gasteiger partial charge on any atom is 0.231 e. The Balaban J connectivity index is 3.07. The molecule has 1 fully saturated rings. The van der Waals surface area contributed by atoms with Gasteiger partial charge < -0.3 is 14.5 Å². The van der Waals surface area contributed by atoms with Crippen LogP contribution in [0.1, 0.15) is 48.5 Å². The number of amides is 1. The second-order valence-electron chi connectivity index (χ2n) is 8.30. The number of carbonyl (C=O) groups excluding carboxylic acids is 2. The van der Waals surface area contributed by atoms with Crippen molar-refractivity contribution in [3.63, 3.8) is 0 Å². The fraction of sp³-hybridized carbons (Fsp3) is 0.875. The van der Waals surface area contributed by atoms with Gasteiger partial charge in [-0.3, -0.25) is 4.79 Å². The first kappa shape index (κ1) is 18.4. The Morgan fingerprint density at radius 1 is 1.24 bits per heavy atom. The zero-order chi connectivity index (χ0) is 16.9. The summed E-state index contributed by atoms with van der Waals surface area (Å²) in [6, 6.07) is 0. The molecule has 0 bridgehead atoms. The van der Waals surface area contributed by atoms with Crippen molar-refractivity contribution in [2.24, 2.45) is 11.3 Å². The van der Waals surface area contributed by atoms with Crippen molar-refractivity contribution in [1.82, 2.24) is 5.32 Å². The highest BCUT2D eigenvalue weighted by Crippen LogP contribution is 2.50. The van der Waals surface area contributed by atoms with Gasteiger partial charge in [0.15, 0.2) is 8.32 Å². The summed E-state index contributed by atoms with van der Waals surface area (Å²) in [5.74, 6) is -0.268. The van der Waals surface area contributed by atoms with Crippen LogP contribution in [-0.4, -0.2) is 32.2 Å². The third-order valence-corrected chi connectivity index (χ3v) is 10.7. The second kappa shape index (κ2) is 5.20. The number of nitrogens with one attached hydrogen (secondary N) is 1. The third-order valence-electron chi connectivity index (χ3n) is 6.13. The average Bonchev–Trinajstić information content (AvgIpc) is 2.34. The second-order valence-corrected chi connectivity index (χ2v) is 13.1. The smallest absolute Gasteiger partial charge is 0.231 e. The molecule has 0 aliphatic carbocycles. The molecule has 0 spiro atoms. The summed E-state index contributed by atoms with van der Waals surface area (Å²) >= 11 is 0. The Hall–Kier alpha value is -0.683. The predicted molar refractivity (Wildman–Crippen MR) is 87.6 cm³/mol. The highest BCUT2D eigenvalue weighted by molar-refractivity contribution is 6.74. The molecular weight excluding hydrogens is 282 g/mol. The molecule has 1 heterocycles. The minimum atomic E-state index is -1.97. The number of carbonyl (C=O) groups is 2. The number of hydrogen-bond donors (Lipinski definition) is 1. The molecule has 0 saturated carbocycles. The van der Waals surface area contributed by atoms with E-state index in [0.717, 1.165) is 6.29 Å². The Morgan fingerprint density at radius 3 is 2.05 bits per heavy atom. The van der Waals surface area contributed by atoms with E-state index in [1.807, 2.05) is 27.7 Å². The van der Waals surface area contributed by atoms with E-state index in [-0.39, 0.29) is 23.0 Å². The van der Waals surface area contributed by atoms with Gasteiger partial charge in [0, 0.05) is 5.92 Å². The molecule has 0 aromatic rings. The first-order valence-corrected chi connectivity index (χ1v) is 10.6. The number of rotatable bonds is 5. The van der Waals surface area contributed by atoms with E-state index < -0.39 is 19.3 Å². The van der Waals surface area contributed by atoms with Crippen LogP contribution in [0.3, 0.4) is 0 Å². The van der Waals surface area contributed by atoms with Crippen molar-refractivity contribution in [3.8, 4) is 0 Å². The van der Waals surface area contributed by atoms with Crippen LogP contribution in [0.5, 0.6) is 0 Å². The van der Waals surface area contributed by atoms with Gasteiger partial charge in [0.1, 0.15) is 6.29 Å². The van der Waals surface area contributed by atoms with Crippen LogP contribution in [0.15, 0.2) is 0 Å². The first-order chi connectivity index (χ1) is 9.24. The van der Waals surface area contributed by atoms with E-state index in [1.165, 1.54) is 0 Å². The van der Waals surface area contributed by atoms with Gasteiger partial charge in [-0.25, -0.2) is 0 Å². The molecule has 4 atom stereocenters. The molecule has 1 aliphatic heterocycles. The molecule has 0 radical (unpaired) electrons. The van der Waals surface area contributed by atoms with Crippen LogP contribution in [0.25, 0.3) is 0 Å². The van der Waals surface area contributed by atoms with Crippen LogP contribution in [-0.2, 0) is 14.0 Å². The summed E-state index contributed by atoms with van der Waals surface area (Å²) in [4.78, 5) is 23.5. The molecule has 1 amide bonds. The normalized spacial score (nSPS) is 32.9. The predicted octanol–water partition coefficient (Wildman–Crippen LogP) is 3.13. The van der Waals surface area contributed by atoms with E-state index in [2.05, 4.69) is 39.2 Å². The summed E-state index contributed by atoms with van der Waals surface area (Å²) in [7, 11) is -1.97. The molecule has 1 rings (SSSR count). The topological polar surface area (TPSA) is 55.4 Å². The van der Waals surface area contributed by atoms with Gasteiger partial charge in [0.05, 0.1) is 17.1 Å². The maximum absolute atomic E-state index is 12.3. The molecule has 5 heteroatoms. The number of β-lactam (4-membered cyclic amide) rings is 1. The Labute approximate surface area is 130 Å². The van der Waals surface area contributed by atoms with Crippen molar-refractivity contribution < 1.29 is 14.0 Å². The molecule has 0 aromatic carbocycles. The largest absolute Gasteiger partial charge is 0.413 e. The first-order valence-electron chi connectivity index (χ1n) is 7.70. The van der Waals surface area contributed by atoms with Gasteiger partial charge in [0.2, 0.25) is 5.91 Å². The Morgan fingerprint density at radius 2 is 1.71 bits per heavy atom. The molecule has 1 aliphatic rings. The molecule has 0 aromatic heterocycles. The van der Waals surface area contributed by atoms with E-state index in [9.17, 15) is 9.59 Å². The van der Waals surface area contributed by atoms with E-state index in [4.69, 9.17) is 4.43 Å². The average molecular weight is 314 g/mol. The quantitative estimate of drug-likeness (QED) is 0.482. The van der Waals surface area contributed by atoms with Crippen molar-refractivity contribution in [3.05, 3.63) is 0 Å². The Bertz CT molecular complexity index is 443. The lowest BCUT2D eigenvalue weighted by molar-refractivity contribution is -0.170. The van der Waals surface area contributed by atoms with Crippen molar-refractivity contribution in [2.45, 2.75) is 78.2 Å². The van der Waals surface area contributed by atoms with Crippen LogP contribution >= 0.6 is 0 Å². The Kier molecular flexibility index (Phi) is 4.54. The number of aldehydes is 1. The highest BCUT2D eigenvalue weighted by atomic mass is 28.4. The van der Waals surface area contributed by atoms with Gasteiger partial charge in [0.25, 0.3) is 0 Å². The SMILES string of the molecule is C[C@@H](C=O)[C@@]1(C)NC(=O)[C@]1(C)[C@@H](C)O[Si](C)(C)C(C)(C)C. The summed E-state index contributed by atoms with van der Waals surface area (Å²) in [5.41, 5.74) is -1.23. The minimum absolute atomic E-state index is 0.0232. The van der Waals surface area contributed by atoms with Gasteiger partial charge in [-0.1, -0.05) is 27.7 Å². The summed E-state index contributed by atoms with van der Waals surface area (Å²) in [5, 5.41) is 3.02. The van der Waals surface area contributed by atoms with Crippen LogP contribution < -0.4 is 5.32 Å². The van der Waals surface area contributed by atoms with E-state index >= 15 is 0 Å². The third kappa shape index (κ3) is 2.59. The van der Waals surface area contributed by atoms with Crippen molar-refractivity contribution in [1.29, 1.82) is 0 Å². The number of hydrogen-bond acceptors (Lipinski definition) is 3. The van der Waals surface area contributed by atoms with Crippen LogP contribution in [0.2, 0.25) is 18.1 Å². The molecule has 1 saturated heterocycles. The minimum Gasteiger partial charge on any atom is -0.413 e. The van der Waals surface area contributed by atoms with Crippen LogP contribution in [0.4, 0.5) is 0 Å². The van der Waals surface area contributed by atoms with Crippen molar-refractivity contribution in [2.75, 3.05) is 0 Å². The lowest BCUT2D eigenvalue weighted by atomic mass is 9.56. The molecular formula is C16H31NO3Si. The van der Waals surface area contributed by atoms with E-state index in [0.29, 0.717) is 0 Å². The lowest BCUT2D eigenvalue weighted by Gasteiger charge is -2.60. The summed E-state index contributed by atoms with van der Waals surface area (Å²) in [6.07, 6.45) is 0.691. The molecule has 21 heavy (non-hydrogen) atoms.